The number of aliphatic carboxylic acids is 1. The highest BCUT2D eigenvalue weighted by atomic mass is 16.5. The number of nitrogens with zero attached hydrogens (tertiary/aromatic N) is 1. The molecule has 0 aromatic carbocycles. The predicted molar refractivity (Wildman–Crippen MR) is 81.1 cm³/mol. The highest BCUT2D eigenvalue weighted by Gasteiger charge is 2.36. The molecule has 1 rings (SSSR count). The van der Waals surface area contributed by atoms with Gasteiger partial charge in [0.05, 0.1) is 12.5 Å². The van der Waals surface area contributed by atoms with E-state index in [1.54, 1.807) is 12.0 Å². The SMILES string of the molecule is CCCCC(CC)CC(=O)N1CC(OC)CC1CC(=O)O. The maximum absolute atomic E-state index is 12.5. The summed E-state index contributed by atoms with van der Waals surface area (Å²) in [4.78, 5) is 25.2. The number of carboxylic acid groups (broad SMARTS) is 1. The van der Waals surface area contributed by atoms with Crippen LogP contribution in [0.15, 0.2) is 0 Å². The summed E-state index contributed by atoms with van der Waals surface area (Å²) in [7, 11) is 1.62. The molecular weight excluding hydrogens is 270 g/mol. The first kappa shape index (κ1) is 18.0. The molecule has 0 aliphatic carbocycles. The van der Waals surface area contributed by atoms with E-state index in [4.69, 9.17) is 9.84 Å². The van der Waals surface area contributed by atoms with Gasteiger partial charge in [0.2, 0.25) is 5.91 Å². The fourth-order valence-electron chi connectivity index (χ4n) is 3.05. The molecule has 0 saturated carbocycles. The number of likely N-dealkylation sites (tertiary alicyclic amines) is 1. The number of amides is 1. The third-order valence-corrected chi connectivity index (χ3v) is 4.45. The molecule has 1 heterocycles. The molecule has 1 aliphatic rings. The van der Waals surface area contributed by atoms with Gasteiger partial charge >= 0.3 is 5.97 Å². The molecule has 5 nitrogen and oxygen atoms in total. The molecule has 0 radical (unpaired) electrons. The van der Waals surface area contributed by atoms with Gasteiger partial charge in [-0.05, 0) is 18.8 Å². The Morgan fingerprint density at radius 3 is 2.62 bits per heavy atom. The van der Waals surface area contributed by atoms with Crippen LogP contribution in [0.3, 0.4) is 0 Å². The average Bonchev–Trinajstić information content (AvgIpc) is 2.85. The fourth-order valence-corrected chi connectivity index (χ4v) is 3.05. The number of ether oxygens (including phenoxy) is 1. The lowest BCUT2D eigenvalue weighted by Crippen LogP contribution is -2.38. The van der Waals surface area contributed by atoms with Crippen LogP contribution in [-0.2, 0) is 14.3 Å². The third kappa shape index (κ3) is 5.65. The van der Waals surface area contributed by atoms with E-state index >= 15 is 0 Å². The molecular formula is C16H29NO4. The van der Waals surface area contributed by atoms with Crippen molar-refractivity contribution in [3.8, 4) is 0 Å². The summed E-state index contributed by atoms with van der Waals surface area (Å²) in [6.07, 6.45) is 5.49. The Morgan fingerprint density at radius 2 is 2.10 bits per heavy atom. The number of hydrogen-bond acceptors (Lipinski definition) is 3. The second kappa shape index (κ2) is 9.03. The molecule has 1 fully saturated rings. The molecule has 0 bridgehead atoms. The summed E-state index contributed by atoms with van der Waals surface area (Å²) in [5, 5.41) is 9.00. The Morgan fingerprint density at radius 1 is 1.38 bits per heavy atom. The van der Waals surface area contributed by atoms with Gasteiger partial charge in [-0.2, -0.15) is 0 Å². The van der Waals surface area contributed by atoms with Crippen LogP contribution in [0.5, 0.6) is 0 Å². The smallest absolute Gasteiger partial charge is 0.305 e. The molecule has 0 aromatic heterocycles. The van der Waals surface area contributed by atoms with Gasteiger partial charge in [-0.1, -0.05) is 33.1 Å². The van der Waals surface area contributed by atoms with Gasteiger partial charge in [-0.25, -0.2) is 0 Å². The Kier molecular flexibility index (Phi) is 7.72. The monoisotopic (exact) mass is 299 g/mol. The van der Waals surface area contributed by atoms with Gasteiger partial charge in [-0.15, -0.1) is 0 Å². The van der Waals surface area contributed by atoms with Crippen LogP contribution in [0, 0.1) is 5.92 Å². The lowest BCUT2D eigenvalue weighted by atomic mass is 9.95. The number of carbonyl (C=O) groups is 2. The highest BCUT2D eigenvalue weighted by molar-refractivity contribution is 5.78. The lowest BCUT2D eigenvalue weighted by molar-refractivity contribution is -0.140. The van der Waals surface area contributed by atoms with Crippen LogP contribution in [0.1, 0.15) is 58.8 Å². The van der Waals surface area contributed by atoms with E-state index in [0.717, 1.165) is 25.7 Å². The largest absolute Gasteiger partial charge is 0.481 e. The molecule has 5 heteroatoms. The zero-order chi connectivity index (χ0) is 15.8. The van der Waals surface area contributed by atoms with Gasteiger partial charge in [0.15, 0.2) is 0 Å². The normalized spacial score (nSPS) is 23.3. The maximum atomic E-state index is 12.5. The zero-order valence-corrected chi connectivity index (χ0v) is 13.5. The molecule has 1 aliphatic heterocycles. The van der Waals surface area contributed by atoms with Gasteiger partial charge in [-0.3, -0.25) is 9.59 Å². The Bertz CT molecular complexity index is 345. The van der Waals surface area contributed by atoms with Crippen molar-refractivity contribution in [2.75, 3.05) is 13.7 Å². The van der Waals surface area contributed by atoms with Crippen molar-refractivity contribution in [1.29, 1.82) is 0 Å². The maximum Gasteiger partial charge on any atom is 0.305 e. The minimum atomic E-state index is -0.854. The highest BCUT2D eigenvalue weighted by Crippen LogP contribution is 2.26. The molecule has 3 atom stereocenters. The minimum Gasteiger partial charge on any atom is -0.481 e. The molecule has 1 amide bonds. The molecule has 0 aromatic rings. The van der Waals surface area contributed by atoms with Gasteiger partial charge in [0.1, 0.15) is 0 Å². The standard InChI is InChI=1S/C16H29NO4/c1-4-6-7-12(5-2)8-15(18)17-11-14(21-3)9-13(17)10-16(19)20/h12-14H,4-11H2,1-3H3,(H,19,20). The zero-order valence-electron chi connectivity index (χ0n) is 13.5. The van der Waals surface area contributed by atoms with E-state index in [1.807, 2.05) is 0 Å². The Hall–Kier alpha value is -1.10. The van der Waals surface area contributed by atoms with Crippen molar-refractivity contribution >= 4 is 11.9 Å². The average molecular weight is 299 g/mol. The number of carboxylic acids is 1. The first-order valence-electron chi connectivity index (χ1n) is 8.05. The molecule has 0 spiro atoms. The summed E-state index contributed by atoms with van der Waals surface area (Å²) in [5.74, 6) is -0.360. The fraction of sp³-hybridized carbons (Fsp3) is 0.875. The number of unbranched alkanes of at least 4 members (excludes halogenated alkanes) is 1. The van der Waals surface area contributed by atoms with E-state index < -0.39 is 5.97 Å². The van der Waals surface area contributed by atoms with E-state index in [-0.39, 0.29) is 24.5 Å². The van der Waals surface area contributed by atoms with Gasteiger partial charge < -0.3 is 14.7 Å². The minimum absolute atomic E-state index is 0.0113. The molecule has 1 N–H and O–H groups in total. The van der Waals surface area contributed by atoms with E-state index in [9.17, 15) is 9.59 Å². The second-order valence-corrected chi connectivity index (χ2v) is 6.01. The van der Waals surface area contributed by atoms with Crippen LogP contribution in [0.25, 0.3) is 0 Å². The molecule has 3 unspecified atom stereocenters. The summed E-state index contributed by atoms with van der Waals surface area (Å²) < 4.78 is 5.31. The van der Waals surface area contributed by atoms with Gasteiger partial charge in [0, 0.05) is 26.1 Å². The Labute approximate surface area is 127 Å². The number of methoxy groups -OCH3 is 1. The molecule has 122 valence electrons. The van der Waals surface area contributed by atoms with Crippen molar-refractivity contribution in [3.63, 3.8) is 0 Å². The van der Waals surface area contributed by atoms with E-state index in [1.165, 1.54) is 0 Å². The van der Waals surface area contributed by atoms with Crippen molar-refractivity contribution in [2.45, 2.75) is 70.9 Å². The van der Waals surface area contributed by atoms with Crippen molar-refractivity contribution in [3.05, 3.63) is 0 Å². The summed E-state index contributed by atoms with van der Waals surface area (Å²) in [5.41, 5.74) is 0. The number of hydrogen-bond donors (Lipinski definition) is 1. The van der Waals surface area contributed by atoms with Crippen LogP contribution in [0.2, 0.25) is 0 Å². The first-order valence-corrected chi connectivity index (χ1v) is 8.05. The Balaban J connectivity index is 2.61. The number of carbonyl (C=O) groups excluding carboxylic acids is 1. The first-order chi connectivity index (χ1) is 10.0. The summed E-state index contributed by atoms with van der Waals surface area (Å²) in [6, 6.07) is -0.219. The summed E-state index contributed by atoms with van der Waals surface area (Å²) >= 11 is 0. The lowest BCUT2D eigenvalue weighted by Gasteiger charge is -2.25. The van der Waals surface area contributed by atoms with Crippen molar-refractivity contribution in [2.24, 2.45) is 5.92 Å². The van der Waals surface area contributed by atoms with Crippen molar-refractivity contribution < 1.29 is 19.4 Å². The van der Waals surface area contributed by atoms with E-state index in [0.29, 0.717) is 25.3 Å². The number of rotatable bonds is 9. The molecule has 21 heavy (non-hydrogen) atoms. The van der Waals surface area contributed by atoms with Crippen LogP contribution < -0.4 is 0 Å². The quantitative estimate of drug-likeness (QED) is 0.711. The van der Waals surface area contributed by atoms with Crippen molar-refractivity contribution in [1.82, 2.24) is 4.90 Å². The van der Waals surface area contributed by atoms with E-state index in [2.05, 4.69) is 13.8 Å². The molecule has 1 saturated heterocycles. The van der Waals surface area contributed by atoms with Gasteiger partial charge in [0.25, 0.3) is 0 Å². The topological polar surface area (TPSA) is 66.8 Å². The third-order valence-electron chi connectivity index (χ3n) is 4.45. The van der Waals surface area contributed by atoms with Crippen LogP contribution >= 0.6 is 0 Å². The second-order valence-electron chi connectivity index (χ2n) is 6.01. The summed E-state index contributed by atoms with van der Waals surface area (Å²) in [6.45, 7) is 4.79. The van der Waals surface area contributed by atoms with Crippen LogP contribution in [-0.4, -0.2) is 47.7 Å². The predicted octanol–water partition coefficient (Wildman–Crippen LogP) is 2.68. The van der Waals surface area contributed by atoms with Crippen LogP contribution in [0.4, 0.5) is 0 Å².